The zero-order valence-electron chi connectivity index (χ0n) is 41.5. The molecule has 2 atom stereocenters. The fraction of sp³-hybridized carbons (Fsp3) is 0.625. The van der Waals surface area contributed by atoms with E-state index in [1.54, 1.807) is 20.8 Å². The molecule has 23 heteroatoms. The van der Waals surface area contributed by atoms with Gasteiger partial charge in [0.25, 0.3) is 0 Å². The average Bonchev–Trinajstić information content (AvgIpc) is 4.03. The summed E-state index contributed by atoms with van der Waals surface area (Å²) >= 11 is 3.18. The fourth-order valence-corrected chi connectivity index (χ4v) is 7.42. The van der Waals surface area contributed by atoms with E-state index >= 15 is 0 Å². The zero-order valence-corrected chi connectivity index (χ0v) is 46.2. The smallest absolute Gasteiger partial charge is 1.00 e. The second-order valence-electron chi connectivity index (χ2n) is 18.7. The number of halogens is 8. The number of hydrogen-bond acceptors (Lipinski definition) is 10. The maximum absolute atomic E-state index is 13.8. The Bertz CT molecular complexity index is 1990. The van der Waals surface area contributed by atoms with Crippen LogP contribution in [0.15, 0.2) is 24.3 Å². The van der Waals surface area contributed by atoms with Crippen molar-refractivity contribution in [3.8, 4) is 11.5 Å². The molecule has 4 amide bonds. The van der Waals surface area contributed by atoms with E-state index in [1.807, 2.05) is 20.8 Å². The van der Waals surface area contributed by atoms with Crippen LogP contribution < -0.4 is 82.1 Å². The van der Waals surface area contributed by atoms with Crippen molar-refractivity contribution >= 4 is 51.5 Å². The molecule has 0 aliphatic heterocycles. The normalized spacial score (nSPS) is 14.3. The number of carbonyl (C=O) groups excluding carboxylic acids is 6. The quantitative estimate of drug-likeness (QED) is 0.0430. The molecule has 2 fully saturated rings. The van der Waals surface area contributed by atoms with Crippen LogP contribution >= 0.6 is 15.9 Å². The summed E-state index contributed by atoms with van der Waals surface area (Å²) in [7, 11) is 0. The van der Waals surface area contributed by atoms with Crippen LogP contribution in [0.2, 0.25) is 0 Å². The van der Waals surface area contributed by atoms with Gasteiger partial charge in [-0.05, 0) is 130 Å². The maximum atomic E-state index is 13.8. The molecule has 2 aromatic rings. The minimum absolute atomic E-state index is 0. The number of rotatable bonds is 20. The SMILES string of the molecule is CC(C)(C)OC(=O)NCCCC[C@@H](NC(=O)C1CCCC1)C(=O)CBr.CC(C)(C)OC(=O)NCCCC[C@@H](NC(=O)C1CCCC1)C(=O)COc1c(F)ccc(F)c1F.Oc1c(F)ccc(F)c1F.[F-].[K+]. The number of ketones is 2. The van der Waals surface area contributed by atoms with Crippen molar-refractivity contribution in [2.24, 2.45) is 11.8 Å². The molecule has 0 bridgehead atoms. The number of amides is 4. The number of alkyl halides is 1. The first-order valence-electron chi connectivity index (χ1n) is 23.1. The molecule has 0 unspecified atom stereocenters. The van der Waals surface area contributed by atoms with Crippen LogP contribution in [0.1, 0.15) is 131 Å². The Hall–Kier alpha value is -3.51. The number of unbranched alkanes of at least 4 members (excludes halogenated alkanes) is 2. The molecule has 14 nitrogen and oxygen atoms in total. The molecule has 0 radical (unpaired) electrons. The predicted octanol–water partition coefficient (Wildman–Crippen LogP) is 3.56. The van der Waals surface area contributed by atoms with Crippen LogP contribution in [0.4, 0.5) is 35.9 Å². The van der Waals surface area contributed by atoms with Crippen LogP contribution in [0, 0.1) is 46.7 Å². The first kappa shape index (κ1) is 67.5. The topological polar surface area (TPSA) is 198 Å². The van der Waals surface area contributed by atoms with Crippen molar-refractivity contribution in [2.75, 3.05) is 25.0 Å². The minimum atomic E-state index is -1.56. The Labute approximate surface area is 461 Å². The van der Waals surface area contributed by atoms with E-state index in [9.17, 15) is 55.1 Å². The van der Waals surface area contributed by atoms with E-state index in [1.165, 1.54) is 0 Å². The van der Waals surface area contributed by atoms with Crippen molar-refractivity contribution in [2.45, 2.75) is 155 Å². The van der Waals surface area contributed by atoms with E-state index < -0.39 is 94.3 Å². The monoisotopic (exact) mass is 1110 g/mol. The molecule has 4 rings (SSSR count). The number of Topliss-reactive ketones (excluding diaryl/α,β-unsaturated/α-hetero) is 2. The van der Waals surface area contributed by atoms with Gasteiger partial charge in [0.1, 0.15) is 17.8 Å². The van der Waals surface area contributed by atoms with Gasteiger partial charge in [-0.2, -0.15) is 8.78 Å². The van der Waals surface area contributed by atoms with E-state index in [0.29, 0.717) is 56.6 Å². The molecule has 2 aliphatic rings. The number of hydrogen-bond donors (Lipinski definition) is 5. The van der Waals surface area contributed by atoms with Gasteiger partial charge in [-0.1, -0.05) is 41.6 Å². The number of phenolic OH excluding ortho intramolecular Hbond substituents is 1. The number of benzene rings is 2. The Morgan fingerprint density at radius 1 is 0.620 bits per heavy atom. The van der Waals surface area contributed by atoms with Crippen molar-refractivity contribution in [3.05, 3.63) is 59.2 Å². The number of ether oxygens (including phenoxy) is 3. The molecule has 5 N–H and O–H groups in total. The number of carbonyl (C=O) groups is 6. The molecule has 396 valence electrons. The van der Waals surface area contributed by atoms with Gasteiger partial charge in [0.05, 0.1) is 17.4 Å². The van der Waals surface area contributed by atoms with E-state index in [2.05, 4.69) is 37.2 Å². The van der Waals surface area contributed by atoms with Gasteiger partial charge < -0.3 is 45.3 Å². The largest absolute Gasteiger partial charge is 1.00 e. The standard InChI is InChI=1S/C24H33F3N2O5.C18H31BrN2O4.C6H3F3O.FH.K/c1-24(2,3)34-23(32)28-13-7-6-10-18(29-22(31)15-8-4-5-9-15)19(30)14-33-21-17(26)12-11-16(25)20(21)27;1-18(2,3)25-17(24)20-11-7-6-10-14(15(22)12-19)21-16(23)13-8-4-5-9-13;7-3-1-2-4(8)6(10)5(3)9;;/h11-12,15,18H,4-10,13-14H2,1-3H3,(H,28,32)(H,29,31);13-14H,4-12H2,1-3H3,(H,20,24)(H,21,23);1-2,10H;1H;/q;;;;+1/p-1/t18-;14-;;;/m11.../s1. The molecule has 2 saturated carbocycles. The van der Waals surface area contributed by atoms with Gasteiger partial charge in [-0.25, -0.2) is 27.2 Å². The van der Waals surface area contributed by atoms with Gasteiger partial charge >= 0.3 is 63.6 Å². The van der Waals surface area contributed by atoms with E-state index in [4.69, 9.17) is 19.3 Å². The van der Waals surface area contributed by atoms with Gasteiger partial charge in [0.2, 0.25) is 23.4 Å². The summed E-state index contributed by atoms with van der Waals surface area (Å²) in [6.07, 6.45) is 9.65. The first-order valence-corrected chi connectivity index (χ1v) is 24.2. The van der Waals surface area contributed by atoms with Crippen LogP contribution in [-0.2, 0) is 28.7 Å². The van der Waals surface area contributed by atoms with Crippen LogP contribution in [0.5, 0.6) is 11.5 Å². The van der Waals surface area contributed by atoms with Crippen molar-refractivity contribution in [3.63, 3.8) is 0 Å². The summed E-state index contributed by atoms with van der Waals surface area (Å²) in [5, 5.41) is 19.6. The van der Waals surface area contributed by atoms with Gasteiger partial charge in [-0.15, -0.1) is 0 Å². The molecule has 71 heavy (non-hydrogen) atoms. The third-order valence-corrected chi connectivity index (χ3v) is 11.1. The molecule has 0 saturated heterocycles. The van der Waals surface area contributed by atoms with Crippen molar-refractivity contribution in [1.82, 2.24) is 21.3 Å². The van der Waals surface area contributed by atoms with Crippen molar-refractivity contribution in [1.29, 1.82) is 0 Å². The van der Waals surface area contributed by atoms with E-state index in [-0.39, 0.29) is 97.3 Å². The second-order valence-corrected chi connectivity index (χ2v) is 19.2. The maximum Gasteiger partial charge on any atom is 1.00 e. The number of nitrogens with one attached hydrogen (secondary N) is 4. The molecular formula is C48H67BrF7KN4O10. The van der Waals surface area contributed by atoms with Gasteiger partial charge in [0, 0.05) is 24.9 Å². The minimum Gasteiger partial charge on any atom is -1.00 e. The number of aromatic hydroxyl groups is 1. The number of phenols is 1. The molecule has 2 aliphatic carbocycles. The summed E-state index contributed by atoms with van der Waals surface area (Å²) in [6, 6.07) is 1.19. The Morgan fingerprint density at radius 3 is 1.39 bits per heavy atom. The van der Waals surface area contributed by atoms with Crippen LogP contribution in [0.3, 0.4) is 0 Å². The summed E-state index contributed by atoms with van der Waals surface area (Å²) in [5.74, 6) is -11.2. The second kappa shape index (κ2) is 34.1. The summed E-state index contributed by atoms with van der Waals surface area (Å²) in [5.41, 5.74) is -1.13. The fourth-order valence-electron chi connectivity index (χ4n) is 7.03. The molecule has 0 aromatic heterocycles. The first-order chi connectivity index (χ1) is 32.3. The summed E-state index contributed by atoms with van der Waals surface area (Å²) < 4.78 is 92.5. The molecule has 2 aromatic carbocycles. The average molecular weight is 1110 g/mol. The van der Waals surface area contributed by atoms with E-state index in [0.717, 1.165) is 64.2 Å². The Morgan fingerprint density at radius 2 is 1.00 bits per heavy atom. The molecular weight excluding hydrogens is 1040 g/mol. The third-order valence-electron chi connectivity index (χ3n) is 10.6. The molecule has 0 spiro atoms. The summed E-state index contributed by atoms with van der Waals surface area (Å²) in [4.78, 5) is 72.8. The summed E-state index contributed by atoms with van der Waals surface area (Å²) in [6.45, 7) is 10.8. The molecule has 0 heterocycles. The number of alkyl carbamates (subject to hydrolysis) is 2. The van der Waals surface area contributed by atoms with Gasteiger partial charge in [0.15, 0.2) is 46.3 Å². The van der Waals surface area contributed by atoms with Crippen LogP contribution in [0.25, 0.3) is 0 Å². The predicted molar refractivity (Wildman–Crippen MR) is 248 cm³/mol. The Kier molecular flexibility index (Phi) is 32.4. The Balaban J connectivity index is 0.00000116. The van der Waals surface area contributed by atoms with Gasteiger partial charge in [-0.3, -0.25) is 19.2 Å². The van der Waals surface area contributed by atoms with Crippen LogP contribution in [-0.4, -0.2) is 89.0 Å². The van der Waals surface area contributed by atoms with Crippen molar-refractivity contribution < 1.29 is 131 Å². The third kappa shape index (κ3) is 26.8. The zero-order chi connectivity index (χ0) is 51.9.